The fraction of sp³-hybridized carbons (Fsp3) is 0.368. The molecule has 1 atom stereocenters. The highest BCUT2D eigenvalue weighted by Crippen LogP contribution is 2.28. The lowest BCUT2D eigenvalue weighted by atomic mass is 10.2. The van der Waals surface area contributed by atoms with Gasteiger partial charge < -0.3 is 19.9 Å². The van der Waals surface area contributed by atoms with Gasteiger partial charge >= 0.3 is 0 Å². The number of methoxy groups -OCH3 is 1. The standard InChI is InChI=1S/C19H22BrN3O3S/c1-13(21-18(24)16-7-8-17(20)27-16)19(25)23-11-9-22(10-12-23)14-5-3-4-6-15(14)26-2/h3-8,13H,9-12H2,1-2H3,(H,21,24). The second-order valence-electron chi connectivity index (χ2n) is 6.28. The van der Waals surface area contributed by atoms with Gasteiger partial charge in [-0.25, -0.2) is 0 Å². The van der Waals surface area contributed by atoms with Crippen molar-refractivity contribution in [2.75, 3.05) is 38.2 Å². The summed E-state index contributed by atoms with van der Waals surface area (Å²) in [5.41, 5.74) is 1.04. The summed E-state index contributed by atoms with van der Waals surface area (Å²) in [5.74, 6) is 0.554. The van der Waals surface area contributed by atoms with Gasteiger partial charge in [-0.2, -0.15) is 0 Å². The summed E-state index contributed by atoms with van der Waals surface area (Å²) in [6.07, 6.45) is 0. The molecule has 1 saturated heterocycles. The Kier molecular flexibility index (Phi) is 6.38. The van der Waals surface area contributed by atoms with Gasteiger partial charge in [0.05, 0.1) is 21.5 Å². The third-order valence-electron chi connectivity index (χ3n) is 4.53. The lowest BCUT2D eigenvalue weighted by Gasteiger charge is -2.37. The van der Waals surface area contributed by atoms with Gasteiger partial charge in [0.2, 0.25) is 5.91 Å². The van der Waals surface area contributed by atoms with Crippen molar-refractivity contribution in [1.82, 2.24) is 10.2 Å². The predicted molar refractivity (Wildman–Crippen MR) is 111 cm³/mol. The Labute approximate surface area is 171 Å². The number of carbonyl (C=O) groups is 2. The molecule has 144 valence electrons. The molecule has 0 radical (unpaired) electrons. The number of para-hydroxylation sites is 2. The molecule has 0 saturated carbocycles. The van der Waals surface area contributed by atoms with E-state index in [1.54, 1.807) is 25.0 Å². The van der Waals surface area contributed by atoms with E-state index >= 15 is 0 Å². The largest absolute Gasteiger partial charge is 0.495 e. The summed E-state index contributed by atoms with van der Waals surface area (Å²) in [7, 11) is 1.66. The van der Waals surface area contributed by atoms with Gasteiger partial charge in [0.15, 0.2) is 0 Å². The Morgan fingerprint density at radius 1 is 1.15 bits per heavy atom. The number of ether oxygens (including phenoxy) is 1. The van der Waals surface area contributed by atoms with Crippen LogP contribution in [0.3, 0.4) is 0 Å². The zero-order valence-corrected chi connectivity index (χ0v) is 17.7. The molecule has 2 aromatic rings. The average Bonchev–Trinajstić information content (AvgIpc) is 3.14. The normalized spacial score (nSPS) is 15.4. The molecule has 1 aliphatic rings. The van der Waals surface area contributed by atoms with Gasteiger partial charge in [0.25, 0.3) is 5.91 Å². The highest BCUT2D eigenvalue weighted by molar-refractivity contribution is 9.11. The summed E-state index contributed by atoms with van der Waals surface area (Å²) < 4.78 is 6.31. The maximum Gasteiger partial charge on any atom is 0.262 e. The van der Waals surface area contributed by atoms with Crippen molar-refractivity contribution >= 4 is 44.8 Å². The number of benzene rings is 1. The van der Waals surface area contributed by atoms with E-state index in [1.165, 1.54) is 11.3 Å². The molecule has 3 rings (SSSR count). The number of carbonyl (C=O) groups excluding carboxylic acids is 2. The smallest absolute Gasteiger partial charge is 0.262 e. The Balaban J connectivity index is 1.55. The lowest BCUT2D eigenvalue weighted by molar-refractivity contribution is -0.133. The van der Waals surface area contributed by atoms with Crippen LogP contribution in [-0.2, 0) is 4.79 Å². The Morgan fingerprint density at radius 2 is 1.85 bits per heavy atom. The van der Waals surface area contributed by atoms with Crippen LogP contribution in [0.25, 0.3) is 0 Å². The predicted octanol–water partition coefficient (Wildman–Crippen LogP) is 2.99. The van der Waals surface area contributed by atoms with Crippen LogP contribution < -0.4 is 15.0 Å². The monoisotopic (exact) mass is 451 g/mol. The second-order valence-corrected chi connectivity index (χ2v) is 8.75. The molecule has 1 aromatic heterocycles. The molecule has 8 heteroatoms. The molecular formula is C19H22BrN3O3S. The van der Waals surface area contributed by atoms with E-state index in [0.29, 0.717) is 18.0 Å². The Bertz CT molecular complexity index is 818. The minimum atomic E-state index is -0.559. The van der Waals surface area contributed by atoms with Crippen LogP contribution in [-0.4, -0.2) is 56.0 Å². The molecular weight excluding hydrogens is 430 g/mol. The molecule has 0 aliphatic carbocycles. The van der Waals surface area contributed by atoms with Crippen LogP contribution in [0.2, 0.25) is 0 Å². The quantitative estimate of drug-likeness (QED) is 0.758. The molecule has 1 fully saturated rings. The van der Waals surface area contributed by atoms with Crippen LogP contribution in [0.1, 0.15) is 16.6 Å². The van der Waals surface area contributed by atoms with E-state index in [2.05, 4.69) is 26.1 Å². The summed E-state index contributed by atoms with van der Waals surface area (Å²) in [5, 5.41) is 2.79. The van der Waals surface area contributed by atoms with Gasteiger partial charge in [0.1, 0.15) is 11.8 Å². The van der Waals surface area contributed by atoms with Gasteiger partial charge in [-0.15, -0.1) is 11.3 Å². The molecule has 1 unspecified atom stereocenters. The average molecular weight is 452 g/mol. The van der Waals surface area contributed by atoms with Crippen molar-refractivity contribution in [1.29, 1.82) is 0 Å². The summed E-state index contributed by atoms with van der Waals surface area (Å²) in [6, 6.07) is 10.9. The van der Waals surface area contributed by atoms with Gasteiger partial charge in [0, 0.05) is 26.2 Å². The maximum atomic E-state index is 12.7. The number of amides is 2. The molecule has 1 aliphatic heterocycles. The topological polar surface area (TPSA) is 61.9 Å². The first-order chi connectivity index (χ1) is 13.0. The van der Waals surface area contributed by atoms with Crippen LogP contribution >= 0.6 is 27.3 Å². The van der Waals surface area contributed by atoms with E-state index < -0.39 is 6.04 Å². The number of anilines is 1. The minimum Gasteiger partial charge on any atom is -0.495 e. The van der Waals surface area contributed by atoms with Gasteiger partial charge in [-0.1, -0.05) is 12.1 Å². The number of hydrogen-bond donors (Lipinski definition) is 1. The number of nitrogens with zero attached hydrogens (tertiary/aromatic N) is 2. The zero-order chi connectivity index (χ0) is 19.4. The van der Waals surface area contributed by atoms with Crippen molar-refractivity contribution < 1.29 is 14.3 Å². The van der Waals surface area contributed by atoms with Crippen LogP contribution in [0.15, 0.2) is 40.2 Å². The van der Waals surface area contributed by atoms with E-state index in [9.17, 15) is 9.59 Å². The van der Waals surface area contributed by atoms with Gasteiger partial charge in [-0.3, -0.25) is 9.59 Å². The summed E-state index contributed by atoms with van der Waals surface area (Å²) >= 11 is 4.69. The third-order valence-corrected chi connectivity index (χ3v) is 6.15. The molecule has 1 N–H and O–H groups in total. The number of halogens is 1. The number of piperazine rings is 1. The minimum absolute atomic E-state index is 0.0568. The fourth-order valence-corrected chi connectivity index (χ4v) is 4.39. The number of rotatable bonds is 5. The van der Waals surface area contributed by atoms with Crippen molar-refractivity contribution in [2.24, 2.45) is 0 Å². The first-order valence-electron chi connectivity index (χ1n) is 8.72. The van der Waals surface area contributed by atoms with Gasteiger partial charge in [-0.05, 0) is 47.1 Å². The maximum absolute atomic E-state index is 12.7. The molecule has 27 heavy (non-hydrogen) atoms. The highest BCUT2D eigenvalue weighted by atomic mass is 79.9. The van der Waals surface area contributed by atoms with Crippen molar-refractivity contribution in [2.45, 2.75) is 13.0 Å². The second kappa shape index (κ2) is 8.75. The van der Waals surface area contributed by atoms with E-state index in [4.69, 9.17) is 4.74 Å². The molecule has 6 nitrogen and oxygen atoms in total. The first-order valence-corrected chi connectivity index (χ1v) is 10.3. The molecule has 2 amide bonds. The van der Waals surface area contributed by atoms with Crippen LogP contribution in [0, 0.1) is 0 Å². The first kappa shape index (κ1) is 19.7. The van der Waals surface area contributed by atoms with Crippen molar-refractivity contribution in [3.8, 4) is 5.75 Å². The van der Waals surface area contributed by atoms with Crippen LogP contribution in [0.5, 0.6) is 5.75 Å². The summed E-state index contributed by atoms with van der Waals surface area (Å²) in [6.45, 7) is 4.41. The Hall–Kier alpha value is -2.06. The number of hydrogen-bond acceptors (Lipinski definition) is 5. The number of thiophene rings is 1. The lowest BCUT2D eigenvalue weighted by Crippen LogP contribution is -2.54. The highest BCUT2D eigenvalue weighted by Gasteiger charge is 2.27. The zero-order valence-electron chi connectivity index (χ0n) is 15.3. The van der Waals surface area contributed by atoms with E-state index in [0.717, 1.165) is 28.3 Å². The molecule has 2 heterocycles. The molecule has 0 bridgehead atoms. The molecule has 0 spiro atoms. The van der Waals surface area contributed by atoms with E-state index in [1.807, 2.05) is 30.3 Å². The van der Waals surface area contributed by atoms with E-state index in [-0.39, 0.29) is 11.8 Å². The molecule has 1 aromatic carbocycles. The third kappa shape index (κ3) is 4.62. The summed E-state index contributed by atoms with van der Waals surface area (Å²) in [4.78, 5) is 29.6. The van der Waals surface area contributed by atoms with Crippen molar-refractivity contribution in [3.63, 3.8) is 0 Å². The number of nitrogens with one attached hydrogen (secondary N) is 1. The van der Waals surface area contributed by atoms with Crippen molar-refractivity contribution in [3.05, 3.63) is 45.1 Å². The Morgan fingerprint density at radius 3 is 2.48 bits per heavy atom. The van der Waals surface area contributed by atoms with Crippen LogP contribution in [0.4, 0.5) is 5.69 Å². The SMILES string of the molecule is COc1ccccc1N1CCN(C(=O)C(C)NC(=O)c2ccc(Br)s2)CC1. The fourth-order valence-electron chi connectivity index (χ4n) is 3.10.